The predicted octanol–water partition coefficient (Wildman–Crippen LogP) is 2.23. The minimum Gasteiger partial charge on any atom is -0.468 e. The van der Waals surface area contributed by atoms with Gasteiger partial charge in [-0.3, -0.25) is 14.5 Å². The van der Waals surface area contributed by atoms with Gasteiger partial charge in [0.1, 0.15) is 5.69 Å². The second-order valence-electron chi connectivity index (χ2n) is 6.85. The minimum atomic E-state index is -4.44. The molecule has 2 N–H and O–H groups in total. The molecule has 1 unspecified atom stereocenters. The molecule has 0 aromatic carbocycles. The highest BCUT2D eigenvalue weighted by Gasteiger charge is 2.29. The maximum Gasteiger partial charge on any atom is 0.422 e. The molecule has 0 bridgehead atoms. The minimum absolute atomic E-state index is 0.0806. The highest BCUT2D eigenvalue weighted by atomic mass is 19.4. The number of nitrogens with one attached hydrogen (secondary N) is 1. The smallest absolute Gasteiger partial charge is 0.422 e. The highest BCUT2D eigenvalue weighted by molar-refractivity contribution is 6.04. The zero-order valence-electron chi connectivity index (χ0n) is 16.3. The predicted molar refractivity (Wildman–Crippen MR) is 101 cm³/mol. The van der Waals surface area contributed by atoms with E-state index < -0.39 is 24.8 Å². The van der Waals surface area contributed by atoms with Gasteiger partial charge in [0.2, 0.25) is 5.88 Å². The van der Waals surface area contributed by atoms with Crippen LogP contribution in [0.5, 0.6) is 5.88 Å². The molecule has 0 aliphatic heterocycles. The number of carbonyl (C=O) groups excluding carboxylic acids is 1. The largest absolute Gasteiger partial charge is 0.468 e. The normalized spacial score (nSPS) is 12.7. The number of aliphatic hydroxyl groups is 1. The molecule has 1 atom stereocenters. The van der Waals surface area contributed by atoms with E-state index in [9.17, 15) is 23.1 Å². The molecule has 0 saturated heterocycles. The monoisotopic (exact) mass is 423 g/mol. The fourth-order valence-electron chi connectivity index (χ4n) is 2.78. The van der Waals surface area contributed by atoms with E-state index in [4.69, 9.17) is 4.74 Å². The van der Waals surface area contributed by atoms with Crippen molar-refractivity contribution in [1.29, 1.82) is 0 Å². The quantitative estimate of drug-likeness (QED) is 0.604. The number of carbonyl (C=O) groups is 1. The van der Waals surface area contributed by atoms with Crippen molar-refractivity contribution < 1.29 is 27.8 Å². The summed E-state index contributed by atoms with van der Waals surface area (Å²) in [6.45, 7) is 2.14. The summed E-state index contributed by atoms with van der Waals surface area (Å²) in [7, 11) is 0. The van der Waals surface area contributed by atoms with Crippen LogP contribution in [-0.4, -0.2) is 56.2 Å². The number of ether oxygens (including phenoxy) is 1. The molecule has 30 heavy (non-hydrogen) atoms. The molecule has 1 amide bonds. The number of rotatable bonds is 7. The molecule has 8 nitrogen and oxygen atoms in total. The Labute approximate surface area is 169 Å². The number of hydrogen-bond acceptors (Lipinski definition) is 6. The molecule has 3 aromatic rings. The topological polar surface area (TPSA) is 102 Å². The average Bonchev–Trinajstić information content (AvgIpc) is 3.07. The maximum absolute atomic E-state index is 12.3. The van der Waals surface area contributed by atoms with Crippen LogP contribution < -0.4 is 10.1 Å². The number of halogens is 3. The molecule has 160 valence electrons. The third kappa shape index (κ3) is 5.44. The summed E-state index contributed by atoms with van der Waals surface area (Å²) in [6, 6.07) is 3.33. The fraction of sp³-hybridized carbons (Fsp3) is 0.368. The van der Waals surface area contributed by atoms with E-state index >= 15 is 0 Å². The van der Waals surface area contributed by atoms with Gasteiger partial charge in [0, 0.05) is 30.7 Å². The summed E-state index contributed by atoms with van der Waals surface area (Å²) in [5, 5.41) is 16.9. The van der Waals surface area contributed by atoms with Crippen LogP contribution in [0.1, 0.15) is 28.5 Å². The number of fused-ring (bicyclic) bond motifs is 1. The van der Waals surface area contributed by atoms with Crippen molar-refractivity contribution >= 4 is 16.8 Å². The van der Waals surface area contributed by atoms with Crippen molar-refractivity contribution in [2.24, 2.45) is 0 Å². The van der Waals surface area contributed by atoms with Gasteiger partial charge in [0.05, 0.1) is 23.6 Å². The van der Waals surface area contributed by atoms with Crippen LogP contribution in [0.2, 0.25) is 0 Å². The van der Waals surface area contributed by atoms with Gasteiger partial charge >= 0.3 is 6.18 Å². The van der Waals surface area contributed by atoms with E-state index in [1.54, 1.807) is 36.9 Å². The van der Waals surface area contributed by atoms with Crippen LogP contribution in [0.15, 0.2) is 30.7 Å². The Morgan fingerprint density at radius 3 is 2.80 bits per heavy atom. The van der Waals surface area contributed by atoms with Gasteiger partial charge in [-0.25, -0.2) is 4.98 Å². The highest BCUT2D eigenvalue weighted by Crippen LogP contribution is 2.21. The van der Waals surface area contributed by atoms with Gasteiger partial charge in [-0.05, 0) is 31.5 Å². The number of aryl methyl sites for hydroxylation is 1. The first kappa shape index (κ1) is 21.5. The number of aliphatic hydroxyl groups excluding tert-OH is 1. The summed E-state index contributed by atoms with van der Waals surface area (Å²) in [4.78, 5) is 20.4. The summed E-state index contributed by atoms with van der Waals surface area (Å²) in [5.74, 6) is -0.507. The van der Waals surface area contributed by atoms with Gasteiger partial charge in [0.15, 0.2) is 6.61 Å². The van der Waals surface area contributed by atoms with Crippen LogP contribution in [-0.2, 0) is 6.54 Å². The first-order chi connectivity index (χ1) is 14.1. The van der Waals surface area contributed by atoms with Crippen molar-refractivity contribution in [3.8, 4) is 5.88 Å². The Morgan fingerprint density at radius 1 is 1.37 bits per heavy atom. The molecule has 11 heteroatoms. The standard InChI is InChI=1S/C19H20F3N5O3/c1-11-5-13(7-25-18(11)30-10-19(20,21)22)8-27-9-14-15(26-27)3-4-23-16(14)17(29)24-6-12(2)28/h3-5,7,9,12,28H,6,8,10H2,1-2H3,(H,24,29). The van der Waals surface area contributed by atoms with Gasteiger partial charge in [-0.2, -0.15) is 18.3 Å². The van der Waals surface area contributed by atoms with Crippen molar-refractivity contribution in [3.05, 3.63) is 47.5 Å². The SMILES string of the molecule is Cc1cc(Cn2cc3c(C(=O)NCC(C)O)nccc3n2)cnc1OCC(F)(F)F. The van der Waals surface area contributed by atoms with E-state index in [1.165, 1.54) is 12.4 Å². The van der Waals surface area contributed by atoms with Crippen LogP contribution in [0.4, 0.5) is 13.2 Å². The molecule has 0 saturated carbocycles. The van der Waals surface area contributed by atoms with E-state index in [0.717, 1.165) is 0 Å². The Bertz CT molecular complexity index is 1050. The molecular formula is C19H20F3N5O3. The zero-order valence-corrected chi connectivity index (χ0v) is 16.3. The van der Waals surface area contributed by atoms with E-state index in [0.29, 0.717) is 22.0 Å². The summed E-state index contributed by atoms with van der Waals surface area (Å²) in [6.07, 6.45) is -0.581. The van der Waals surface area contributed by atoms with Crippen molar-refractivity contribution in [2.75, 3.05) is 13.2 Å². The van der Waals surface area contributed by atoms with Gasteiger partial charge < -0.3 is 15.2 Å². The lowest BCUT2D eigenvalue weighted by Gasteiger charge is -2.11. The van der Waals surface area contributed by atoms with Crippen LogP contribution >= 0.6 is 0 Å². The first-order valence-electron chi connectivity index (χ1n) is 9.06. The van der Waals surface area contributed by atoms with E-state index in [-0.39, 0.29) is 24.7 Å². The molecule has 0 aliphatic rings. The molecule has 0 aliphatic carbocycles. The molecule has 0 fully saturated rings. The molecule has 0 spiro atoms. The number of nitrogens with zero attached hydrogens (tertiary/aromatic N) is 4. The van der Waals surface area contributed by atoms with Crippen molar-refractivity contribution in [1.82, 2.24) is 25.1 Å². The van der Waals surface area contributed by atoms with Crippen molar-refractivity contribution in [3.63, 3.8) is 0 Å². The van der Waals surface area contributed by atoms with Gasteiger partial charge in [-0.1, -0.05) is 0 Å². The van der Waals surface area contributed by atoms with Crippen LogP contribution in [0, 0.1) is 6.92 Å². The first-order valence-corrected chi connectivity index (χ1v) is 9.06. The average molecular weight is 423 g/mol. The maximum atomic E-state index is 12.3. The molecular weight excluding hydrogens is 403 g/mol. The third-order valence-corrected chi connectivity index (χ3v) is 4.06. The molecule has 3 heterocycles. The Kier molecular flexibility index (Phi) is 6.20. The second kappa shape index (κ2) is 8.66. The molecule has 3 rings (SSSR count). The fourth-order valence-corrected chi connectivity index (χ4v) is 2.78. The lowest BCUT2D eigenvalue weighted by molar-refractivity contribution is -0.154. The Hall–Kier alpha value is -3.21. The number of aromatic nitrogens is 4. The summed E-state index contributed by atoms with van der Waals surface area (Å²) in [5.41, 5.74) is 1.91. The van der Waals surface area contributed by atoms with E-state index in [1.807, 2.05) is 0 Å². The van der Waals surface area contributed by atoms with Crippen LogP contribution in [0.3, 0.4) is 0 Å². The number of alkyl halides is 3. The lowest BCUT2D eigenvalue weighted by Crippen LogP contribution is -2.31. The zero-order chi connectivity index (χ0) is 21.9. The van der Waals surface area contributed by atoms with Gasteiger partial charge in [0.25, 0.3) is 5.91 Å². The van der Waals surface area contributed by atoms with Crippen LogP contribution in [0.25, 0.3) is 10.9 Å². The molecule has 0 radical (unpaired) electrons. The molecule has 3 aromatic heterocycles. The Morgan fingerprint density at radius 2 is 2.13 bits per heavy atom. The number of amides is 1. The Balaban J connectivity index is 1.77. The number of hydrogen-bond donors (Lipinski definition) is 2. The van der Waals surface area contributed by atoms with Crippen molar-refractivity contribution in [2.45, 2.75) is 32.7 Å². The summed E-state index contributed by atoms with van der Waals surface area (Å²) < 4.78 is 43.2. The summed E-state index contributed by atoms with van der Waals surface area (Å²) >= 11 is 0. The van der Waals surface area contributed by atoms with E-state index in [2.05, 4.69) is 20.4 Å². The number of pyridine rings is 2. The van der Waals surface area contributed by atoms with Gasteiger partial charge in [-0.15, -0.1) is 0 Å². The lowest BCUT2D eigenvalue weighted by atomic mass is 10.2. The second-order valence-corrected chi connectivity index (χ2v) is 6.85. The third-order valence-electron chi connectivity index (χ3n) is 4.06.